The molecule has 0 spiro atoms. The molecule has 1 heterocycles. The van der Waals surface area contributed by atoms with E-state index in [1.165, 1.54) is 0 Å². The largest absolute Gasteiger partial charge is 0.493 e. The number of nitrogens with one attached hydrogen (secondary N) is 2. The second-order valence-corrected chi connectivity index (χ2v) is 6.24. The Morgan fingerprint density at radius 2 is 2.03 bits per heavy atom. The Hall–Kier alpha value is -3.81. The van der Waals surface area contributed by atoms with E-state index in [4.69, 9.17) is 9.47 Å². The van der Waals surface area contributed by atoms with Crippen molar-refractivity contribution in [1.29, 1.82) is 0 Å². The highest BCUT2D eigenvalue weighted by Gasteiger charge is 2.06. The number of carbonyl (C=O) groups is 1. The molecule has 3 aromatic rings. The second-order valence-electron chi connectivity index (χ2n) is 6.24. The van der Waals surface area contributed by atoms with Crippen LogP contribution in [0.4, 0.5) is 5.69 Å². The van der Waals surface area contributed by atoms with Crippen LogP contribution < -0.4 is 20.2 Å². The first kappa shape index (κ1) is 19.9. The smallest absolute Gasteiger partial charge is 0.259 e. The van der Waals surface area contributed by atoms with Gasteiger partial charge in [0.05, 0.1) is 19.9 Å². The number of hydrogen-bond acceptors (Lipinski definition) is 6. The normalized spacial score (nSPS) is 10.7. The van der Waals surface area contributed by atoms with Gasteiger partial charge in [-0.25, -0.2) is 10.1 Å². The molecule has 29 heavy (non-hydrogen) atoms. The zero-order valence-electron chi connectivity index (χ0n) is 16.3. The predicted octanol–water partition coefficient (Wildman–Crippen LogP) is 2.80. The number of aromatic nitrogens is 2. The summed E-state index contributed by atoms with van der Waals surface area (Å²) in [6.45, 7) is 2.39. The van der Waals surface area contributed by atoms with Crippen molar-refractivity contribution in [3.63, 3.8) is 0 Å². The summed E-state index contributed by atoms with van der Waals surface area (Å²) in [5.41, 5.74) is 5.30. The minimum Gasteiger partial charge on any atom is -0.493 e. The number of rotatable bonds is 9. The lowest BCUT2D eigenvalue weighted by Gasteiger charge is -2.11. The van der Waals surface area contributed by atoms with E-state index in [0.29, 0.717) is 11.5 Å². The van der Waals surface area contributed by atoms with Gasteiger partial charge in [0.25, 0.3) is 5.91 Å². The van der Waals surface area contributed by atoms with Crippen molar-refractivity contribution in [2.45, 2.75) is 13.7 Å². The zero-order valence-corrected chi connectivity index (χ0v) is 16.3. The maximum atomic E-state index is 11.9. The number of anilines is 1. The summed E-state index contributed by atoms with van der Waals surface area (Å²) in [4.78, 5) is 11.9. The molecule has 0 fully saturated rings. The van der Waals surface area contributed by atoms with Gasteiger partial charge in [-0.3, -0.25) is 4.79 Å². The molecule has 0 unspecified atom stereocenters. The SMILES string of the molecule is COc1ccc(/C=N/NC(=O)CNc2ccc(C)cc2)cc1OCn1cccn1. The Labute approximate surface area is 169 Å². The highest BCUT2D eigenvalue weighted by atomic mass is 16.5. The molecule has 0 saturated heterocycles. The van der Waals surface area contributed by atoms with Crippen molar-refractivity contribution in [3.05, 3.63) is 72.1 Å². The summed E-state index contributed by atoms with van der Waals surface area (Å²) < 4.78 is 12.7. The van der Waals surface area contributed by atoms with Gasteiger partial charge in [-0.05, 0) is 48.9 Å². The van der Waals surface area contributed by atoms with Crippen LogP contribution in [0.15, 0.2) is 66.0 Å². The summed E-state index contributed by atoms with van der Waals surface area (Å²) in [6, 6.07) is 15.0. The molecular formula is C21H23N5O3. The first-order chi connectivity index (χ1) is 14.1. The number of benzene rings is 2. The van der Waals surface area contributed by atoms with E-state index in [1.807, 2.05) is 43.3 Å². The third-order valence-corrected chi connectivity index (χ3v) is 4.01. The van der Waals surface area contributed by atoms with Gasteiger partial charge in [-0.1, -0.05) is 17.7 Å². The fourth-order valence-electron chi connectivity index (χ4n) is 2.47. The number of ether oxygens (including phenoxy) is 2. The van der Waals surface area contributed by atoms with Crippen molar-refractivity contribution in [2.75, 3.05) is 19.0 Å². The van der Waals surface area contributed by atoms with E-state index in [2.05, 4.69) is 20.9 Å². The van der Waals surface area contributed by atoms with Crippen LogP contribution in [-0.2, 0) is 11.5 Å². The van der Waals surface area contributed by atoms with Crippen molar-refractivity contribution in [1.82, 2.24) is 15.2 Å². The van der Waals surface area contributed by atoms with Crippen LogP contribution in [0.3, 0.4) is 0 Å². The number of aryl methyl sites for hydroxylation is 1. The maximum Gasteiger partial charge on any atom is 0.259 e. The molecule has 1 amide bonds. The maximum absolute atomic E-state index is 11.9. The first-order valence-corrected chi connectivity index (χ1v) is 9.05. The molecule has 0 aliphatic carbocycles. The minimum absolute atomic E-state index is 0.126. The molecule has 0 aliphatic heterocycles. The van der Waals surface area contributed by atoms with Gasteiger partial charge in [0.1, 0.15) is 0 Å². The molecule has 3 rings (SSSR count). The van der Waals surface area contributed by atoms with Gasteiger partial charge < -0.3 is 14.8 Å². The van der Waals surface area contributed by atoms with E-state index in [0.717, 1.165) is 16.8 Å². The van der Waals surface area contributed by atoms with Crippen molar-refractivity contribution in [2.24, 2.45) is 5.10 Å². The second kappa shape index (κ2) is 9.93. The van der Waals surface area contributed by atoms with Crippen LogP contribution in [0.5, 0.6) is 11.5 Å². The van der Waals surface area contributed by atoms with E-state index >= 15 is 0 Å². The third-order valence-electron chi connectivity index (χ3n) is 4.01. The van der Waals surface area contributed by atoms with Gasteiger partial charge in [-0.15, -0.1) is 0 Å². The van der Waals surface area contributed by atoms with Crippen molar-refractivity contribution in [3.8, 4) is 11.5 Å². The summed E-state index contributed by atoms with van der Waals surface area (Å²) >= 11 is 0. The molecule has 2 N–H and O–H groups in total. The molecule has 0 aliphatic rings. The Bertz CT molecular complexity index is 953. The minimum atomic E-state index is -0.245. The van der Waals surface area contributed by atoms with Crippen molar-refractivity contribution >= 4 is 17.8 Å². The molecule has 8 heteroatoms. The van der Waals surface area contributed by atoms with Crippen LogP contribution in [0.25, 0.3) is 0 Å². The Kier molecular flexibility index (Phi) is 6.83. The fourth-order valence-corrected chi connectivity index (χ4v) is 2.47. The molecule has 0 bridgehead atoms. The van der Waals surface area contributed by atoms with Crippen molar-refractivity contribution < 1.29 is 14.3 Å². The Morgan fingerprint density at radius 1 is 1.21 bits per heavy atom. The molecule has 0 atom stereocenters. The average Bonchev–Trinajstić information content (AvgIpc) is 3.25. The third kappa shape index (κ3) is 6.10. The fraction of sp³-hybridized carbons (Fsp3) is 0.190. The van der Waals surface area contributed by atoms with Crippen LogP contribution in [-0.4, -0.2) is 35.6 Å². The molecule has 8 nitrogen and oxygen atoms in total. The van der Waals surface area contributed by atoms with Crippen LogP contribution in [0.1, 0.15) is 11.1 Å². The molecule has 150 valence electrons. The average molecular weight is 393 g/mol. The van der Waals surface area contributed by atoms with Gasteiger partial charge in [0.15, 0.2) is 18.2 Å². The first-order valence-electron chi connectivity index (χ1n) is 9.05. The molecule has 0 radical (unpaired) electrons. The number of carbonyl (C=O) groups excluding carboxylic acids is 1. The molecule has 1 aromatic heterocycles. The summed E-state index contributed by atoms with van der Waals surface area (Å²) in [5.74, 6) is 0.908. The summed E-state index contributed by atoms with van der Waals surface area (Å²) in [6.07, 6.45) is 5.03. The number of methoxy groups -OCH3 is 1. The van der Waals surface area contributed by atoms with Crippen LogP contribution >= 0.6 is 0 Å². The quantitative estimate of drug-likeness (QED) is 0.431. The number of hydrogen-bond donors (Lipinski definition) is 2. The van der Waals surface area contributed by atoms with Crippen LogP contribution in [0.2, 0.25) is 0 Å². The Balaban J connectivity index is 1.53. The van der Waals surface area contributed by atoms with E-state index < -0.39 is 0 Å². The number of nitrogens with zero attached hydrogens (tertiary/aromatic N) is 3. The van der Waals surface area contributed by atoms with Gasteiger partial charge in [-0.2, -0.15) is 10.2 Å². The van der Waals surface area contributed by atoms with Gasteiger partial charge in [0, 0.05) is 18.1 Å². The topological polar surface area (TPSA) is 89.8 Å². The van der Waals surface area contributed by atoms with Gasteiger partial charge >= 0.3 is 0 Å². The van der Waals surface area contributed by atoms with E-state index in [9.17, 15) is 4.79 Å². The lowest BCUT2D eigenvalue weighted by atomic mass is 10.2. The highest BCUT2D eigenvalue weighted by molar-refractivity contribution is 5.84. The van der Waals surface area contributed by atoms with Crippen LogP contribution in [0, 0.1) is 6.92 Å². The highest BCUT2D eigenvalue weighted by Crippen LogP contribution is 2.27. The molecule has 0 saturated carbocycles. The lowest BCUT2D eigenvalue weighted by molar-refractivity contribution is -0.119. The van der Waals surface area contributed by atoms with E-state index in [1.54, 1.807) is 42.5 Å². The summed E-state index contributed by atoms with van der Waals surface area (Å²) in [5, 5.41) is 11.1. The van der Waals surface area contributed by atoms with Gasteiger partial charge in [0.2, 0.25) is 0 Å². The monoisotopic (exact) mass is 393 g/mol. The number of amides is 1. The lowest BCUT2D eigenvalue weighted by Crippen LogP contribution is -2.25. The standard InChI is InChI=1S/C21H23N5O3/c1-16-4-7-18(8-5-16)22-14-21(27)25-23-13-17-6-9-19(28-2)20(12-17)29-15-26-11-3-10-24-26/h3-13,22H,14-15H2,1-2H3,(H,25,27)/b23-13+. The van der Waals surface area contributed by atoms with E-state index in [-0.39, 0.29) is 19.2 Å². The Morgan fingerprint density at radius 3 is 2.76 bits per heavy atom. The number of hydrazone groups is 1. The molecule has 2 aromatic carbocycles. The molecular weight excluding hydrogens is 370 g/mol. The predicted molar refractivity (Wildman–Crippen MR) is 111 cm³/mol. The summed E-state index contributed by atoms with van der Waals surface area (Å²) in [7, 11) is 1.57. The zero-order chi connectivity index (χ0) is 20.5.